The fraction of sp³-hybridized carbons (Fsp3) is 0.400. The molecule has 0 spiro atoms. The first-order valence-electron chi connectivity index (χ1n) is 11.2. The Morgan fingerprint density at radius 3 is 2.12 bits per heavy atom. The quantitative estimate of drug-likeness (QED) is 0.185. The van der Waals surface area contributed by atoms with E-state index in [0.717, 1.165) is 71.0 Å². The maximum atomic E-state index is 7.10. The van der Waals surface area contributed by atoms with Gasteiger partial charge in [-0.2, -0.15) is 5.10 Å². The largest absolute Gasteiger partial charge is 0.462 e. The average molecular weight is 451 g/mol. The second-order valence-electron chi connectivity index (χ2n) is 8.25. The number of fused-ring (bicyclic) bond motifs is 1. The molecule has 0 aliphatic carbocycles. The third kappa shape index (κ3) is 7.48. The molecule has 0 amide bonds. The number of rotatable bonds is 8. The van der Waals surface area contributed by atoms with Gasteiger partial charge in [0.25, 0.3) is 0 Å². The van der Waals surface area contributed by atoms with Crippen LogP contribution in [-0.4, -0.2) is 60.5 Å². The highest BCUT2D eigenvalue weighted by molar-refractivity contribution is 5.77. The first kappa shape index (κ1) is 24.6. The Morgan fingerprint density at radius 1 is 0.970 bits per heavy atom. The third-order valence-electron chi connectivity index (χ3n) is 6.11. The SMILES string of the molecule is C#CO.N/N=C\N(N)c1ccc(CCN2CCN(CCc3ccc4c(c3)COC4)CC2)cc1. The van der Waals surface area contributed by atoms with Gasteiger partial charge in [0.15, 0.2) is 0 Å². The van der Waals surface area contributed by atoms with Crippen molar-refractivity contribution in [2.45, 2.75) is 26.1 Å². The number of aliphatic hydroxyl groups is 1. The van der Waals surface area contributed by atoms with E-state index >= 15 is 0 Å². The Hall–Kier alpha value is -3.09. The number of piperazine rings is 1. The summed E-state index contributed by atoms with van der Waals surface area (Å²) in [5.74, 6) is 11.0. The van der Waals surface area contributed by atoms with Crippen LogP contribution in [0, 0.1) is 12.5 Å². The zero-order valence-corrected chi connectivity index (χ0v) is 19.1. The molecule has 8 nitrogen and oxygen atoms in total. The van der Waals surface area contributed by atoms with E-state index in [2.05, 4.69) is 51.7 Å². The number of ether oxygens (including phenoxy) is 1. The predicted octanol–water partition coefficient (Wildman–Crippen LogP) is 1.65. The van der Waals surface area contributed by atoms with Crippen molar-refractivity contribution in [2.24, 2.45) is 16.8 Å². The molecular weight excluding hydrogens is 416 g/mol. The van der Waals surface area contributed by atoms with E-state index in [1.54, 1.807) is 0 Å². The summed E-state index contributed by atoms with van der Waals surface area (Å²) < 4.78 is 5.52. The number of hydrazine groups is 1. The van der Waals surface area contributed by atoms with Crippen LogP contribution in [0.5, 0.6) is 0 Å². The number of hydrazone groups is 1. The Balaban J connectivity index is 0.000000968. The normalized spacial score (nSPS) is 16.1. The Bertz CT molecular complexity index is 933. The van der Waals surface area contributed by atoms with Crippen LogP contribution in [0.3, 0.4) is 0 Å². The highest BCUT2D eigenvalue weighted by Gasteiger charge is 2.17. The van der Waals surface area contributed by atoms with Gasteiger partial charge in [0, 0.05) is 39.3 Å². The fourth-order valence-electron chi connectivity index (χ4n) is 4.17. The number of benzene rings is 2. The van der Waals surface area contributed by atoms with Crippen molar-refractivity contribution in [3.8, 4) is 12.5 Å². The van der Waals surface area contributed by atoms with E-state index < -0.39 is 0 Å². The topological polar surface area (TPSA) is 104 Å². The fourth-order valence-corrected chi connectivity index (χ4v) is 4.17. The van der Waals surface area contributed by atoms with Gasteiger partial charge >= 0.3 is 0 Å². The van der Waals surface area contributed by atoms with Crippen LogP contribution in [0.1, 0.15) is 22.3 Å². The summed E-state index contributed by atoms with van der Waals surface area (Å²) in [7, 11) is 0. The van der Waals surface area contributed by atoms with Gasteiger partial charge in [-0.1, -0.05) is 36.8 Å². The van der Waals surface area contributed by atoms with E-state index in [1.165, 1.54) is 39.7 Å². The molecule has 176 valence electrons. The number of hydrogen-bond donors (Lipinski definition) is 3. The lowest BCUT2D eigenvalue weighted by molar-refractivity contribution is 0.134. The molecule has 0 bridgehead atoms. The molecule has 2 aromatic carbocycles. The summed E-state index contributed by atoms with van der Waals surface area (Å²) in [6, 6.07) is 15.1. The number of terminal acetylenes is 1. The van der Waals surface area contributed by atoms with Crippen LogP contribution in [-0.2, 0) is 30.8 Å². The molecule has 0 atom stereocenters. The molecule has 8 heteroatoms. The summed E-state index contributed by atoms with van der Waals surface area (Å²) >= 11 is 0. The van der Waals surface area contributed by atoms with Gasteiger partial charge in [0.1, 0.15) is 12.4 Å². The van der Waals surface area contributed by atoms with E-state index in [9.17, 15) is 0 Å². The highest BCUT2D eigenvalue weighted by atomic mass is 16.5. The maximum Gasteiger partial charge on any atom is 0.129 e. The lowest BCUT2D eigenvalue weighted by atomic mass is 10.0. The molecular formula is C25H34N6O2. The smallest absolute Gasteiger partial charge is 0.129 e. The molecule has 0 radical (unpaired) electrons. The van der Waals surface area contributed by atoms with Crippen LogP contribution in [0.2, 0.25) is 0 Å². The number of aliphatic hydroxyl groups excluding tert-OH is 1. The summed E-state index contributed by atoms with van der Waals surface area (Å²) in [6.45, 7) is 8.35. The monoisotopic (exact) mass is 450 g/mol. The Morgan fingerprint density at radius 2 is 1.52 bits per heavy atom. The van der Waals surface area contributed by atoms with Gasteiger partial charge in [-0.15, -0.1) is 0 Å². The zero-order valence-electron chi connectivity index (χ0n) is 19.1. The van der Waals surface area contributed by atoms with Crippen LogP contribution < -0.4 is 16.7 Å². The number of anilines is 1. The number of nitrogens with two attached hydrogens (primary N) is 2. The molecule has 1 fully saturated rings. The van der Waals surface area contributed by atoms with E-state index in [4.69, 9.17) is 21.5 Å². The van der Waals surface area contributed by atoms with E-state index in [0.29, 0.717) is 0 Å². The molecule has 2 heterocycles. The molecule has 5 N–H and O–H groups in total. The first-order chi connectivity index (χ1) is 16.1. The van der Waals surface area contributed by atoms with Crippen LogP contribution in [0.15, 0.2) is 47.6 Å². The van der Waals surface area contributed by atoms with Gasteiger partial charge in [-0.25, -0.2) is 5.84 Å². The molecule has 0 saturated carbocycles. The number of hydrogen-bond acceptors (Lipinski definition) is 7. The predicted molar refractivity (Wildman–Crippen MR) is 132 cm³/mol. The molecule has 0 aromatic heterocycles. The Labute approximate surface area is 196 Å². The molecule has 2 aliphatic rings. The molecule has 33 heavy (non-hydrogen) atoms. The second kappa shape index (κ2) is 12.8. The molecule has 2 aliphatic heterocycles. The van der Waals surface area contributed by atoms with Crippen LogP contribution >= 0.6 is 0 Å². The van der Waals surface area contributed by atoms with Gasteiger partial charge in [0.2, 0.25) is 0 Å². The minimum absolute atomic E-state index is 0.774. The summed E-state index contributed by atoms with van der Waals surface area (Å²) in [6.07, 6.45) is 8.97. The third-order valence-corrected chi connectivity index (χ3v) is 6.11. The van der Waals surface area contributed by atoms with Gasteiger partial charge in [0.05, 0.1) is 18.9 Å². The van der Waals surface area contributed by atoms with Crippen molar-refractivity contribution in [3.05, 3.63) is 64.7 Å². The van der Waals surface area contributed by atoms with E-state index in [-0.39, 0.29) is 0 Å². The van der Waals surface area contributed by atoms with Crippen molar-refractivity contribution >= 4 is 12.0 Å². The molecule has 1 saturated heterocycles. The summed E-state index contributed by atoms with van der Waals surface area (Å²) in [5.41, 5.74) is 6.35. The van der Waals surface area contributed by atoms with Crippen molar-refractivity contribution in [3.63, 3.8) is 0 Å². The minimum atomic E-state index is 0.774. The minimum Gasteiger partial charge on any atom is -0.462 e. The average Bonchev–Trinajstić information content (AvgIpc) is 3.31. The van der Waals surface area contributed by atoms with Gasteiger partial charge in [-0.3, -0.25) is 5.01 Å². The van der Waals surface area contributed by atoms with Crippen molar-refractivity contribution in [1.29, 1.82) is 0 Å². The van der Waals surface area contributed by atoms with Gasteiger partial charge < -0.3 is 25.5 Å². The lowest BCUT2D eigenvalue weighted by Crippen LogP contribution is -2.47. The summed E-state index contributed by atoms with van der Waals surface area (Å²) in [4.78, 5) is 5.15. The molecule has 4 rings (SSSR count). The zero-order chi connectivity index (χ0) is 23.5. The summed E-state index contributed by atoms with van der Waals surface area (Å²) in [5, 5.41) is 12.0. The lowest BCUT2D eigenvalue weighted by Gasteiger charge is -2.34. The molecule has 2 aromatic rings. The molecule has 0 unspecified atom stereocenters. The van der Waals surface area contributed by atoms with Crippen molar-refractivity contribution in [1.82, 2.24) is 9.80 Å². The standard InChI is InChI=1S/C23H32N6O.C2H2O/c24-26-18-29(25)23-5-2-19(3-6-23)7-9-27-11-13-28(14-12-27)10-8-20-1-4-21-16-30-17-22(21)15-20;1-2-3/h1-6,15,18H,7-14,16-17,24-25H2;1,3H/b26-18-;. The van der Waals surface area contributed by atoms with Crippen LogP contribution in [0.4, 0.5) is 5.69 Å². The first-order valence-corrected chi connectivity index (χ1v) is 11.2. The van der Waals surface area contributed by atoms with Gasteiger partial charge in [-0.05, 0) is 47.2 Å². The van der Waals surface area contributed by atoms with Crippen molar-refractivity contribution < 1.29 is 9.84 Å². The number of nitrogens with zero attached hydrogens (tertiary/aromatic N) is 4. The van der Waals surface area contributed by atoms with Crippen LogP contribution in [0.25, 0.3) is 0 Å². The second-order valence-corrected chi connectivity index (χ2v) is 8.25. The van der Waals surface area contributed by atoms with E-state index in [1.807, 2.05) is 12.1 Å². The highest BCUT2D eigenvalue weighted by Crippen LogP contribution is 2.21. The van der Waals surface area contributed by atoms with Crippen molar-refractivity contribution in [2.75, 3.05) is 44.3 Å². The Kier molecular flexibility index (Phi) is 9.54. The maximum absolute atomic E-state index is 7.10.